The van der Waals surface area contributed by atoms with E-state index in [9.17, 15) is 8.42 Å². The smallest absolute Gasteiger partial charge is 0.241 e. The van der Waals surface area contributed by atoms with Crippen LogP contribution in [0.1, 0.15) is 33.8 Å². The van der Waals surface area contributed by atoms with Crippen molar-refractivity contribution in [2.24, 2.45) is 5.73 Å². The maximum absolute atomic E-state index is 12.4. The summed E-state index contributed by atoms with van der Waals surface area (Å²) in [7, 11) is -3.53. The lowest BCUT2D eigenvalue weighted by atomic mass is 10.1. The molecule has 0 aliphatic rings. The number of hydrogen-bond acceptors (Lipinski definition) is 4. The second kappa shape index (κ2) is 6.27. The van der Waals surface area contributed by atoms with Gasteiger partial charge in [0.2, 0.25) is 10.0 Å². The summed E-state index contributed by atoms with van der Waals surface area (Å²) in [4.78, 5) is 2.58. The van der Waals surface area contributed by atoms with Gasteiger partial charge in [-0.15, -0.1) is 11.3 Å². The first-order valence-corrected chi connectivity index (χ1v) is 9.01. The van der Waals surface area contributed by atoms with Crippen LogP contribution in [0.2, 0.25) is 0 Å². The molecule has 21 heavy (non-hydrogen) atoms. The van der Waals surface area contributed by atoms with Gasteiger partial charge in [0.15, 0.2) is 0 Å². The largest absolute Gasteiger partial charge is 0.326 e. The van der Waals surface area contributed by atoms with Crippen LogP contribution in [0.15, 0.2) is 35.2 Å². The monoisotopic (exact) mass is 324 g/mol. The molecule has 6 heteroatoms. The third-order valence-corrected chi connectivity index (χ3v) is 5.89. The predicted octanol–water partition coefficient (Wildman–Crippen LogP) is 2.86. The average molecular weight is 324 g/mol. The first kappa shape index (κ1) is 16.2. The van der Waals surface area contributed by atoms with Gasteiger partial charge >= 0.3 is 0 Å². The van der Waals surface area contributed by atoms with Gasteiger partial charge in [-0.2, -0.15) is 0 Å². The first-order chi connectivity index (χ1) is 9.83. The van der Waals surface area contributed by atoms with Crippen molar-refractivity contribution in [3.05, 3.63) is 51.2 Å². The Morgan fingerprint density at radius 1 is 1.24 bits per heavy atom. The molecule has 0 amide bonds. The molecule has 0 fully saturated rings. The van der Waals surface area contributed by atoms with Crippen LogP contribution in [-0.2, 0) is 16.6 Å². The topological polar surface area (TPSA) is 72.2 Å². The van der Waals surface area contributed by atoms with E-state index in [1.165, 1.54) is 4.88 Å². The number of nitrogens with one attached hydrogen (secondary N) is 1. The zero-order chi connectivity index (χ0) is 15.6. The highest BCUT2D eigenvalue weighted by Gasteiger charge is 2.20. The van der Waals surface area contributed by atoms with Gasteiger partial charge in [0.1, 0.15) is 0 Å². The van der Waals surface area contributed by atoms with Gasteiger partial charge in [0, 0.05) is 22.3 Å². The maximum atomic E-state index is 12.4. The Morgan fingerprint density at radius 3 is 2.33 bits per heavy atom. The minimum atomic E-state index is -3.53. The Bertz CT molecular complexity index is 719. The maximum Gasteiger partial charge on any atom is 0.241 e. The van der Waals surface area contributed by atoms with Crippen LogP contribution in [-0.4, -0.2) is 8.42 Å². The van der Waals surface area contributed by atoms with Gasteiger partial charge < -0.3 is 5.73 Å². The summed E-state index contributed by atoms with van der Waals surface area (Å²) in [6.07, 6.45) is 0. The molecule has 4 nitrogen and oxygen atoms in total. The number of nitrogens with two attached hydrogens (primary N) is 1. The van der Waals surface area contributed by atoms with E-state index in [4.69, 9.17) is 5.73 Å². The molecule has 0 aliphatic carbocycles. The van der Waals surface area contributed by atoms with E-state index in [-0.39, 0.29) is 10.9 Å². The molecule has 3 N–H and O–H groups in total. The average Bonchev–Trinajstić information content (AvgIpc) is 2.77. The van der Waals surface area contributed by atoms with E-state index in [0.717, 1.165) is 16.0 Å². The van der Waals surface area contributed by atoms with Gasteiger partial charge in [-0.25, -0.2) is 13.1 Å². The Kier molecular flexibility index (Phi) is 4.83. The van der Waals surface area contributed by atoms with Crippen LogP contribution in [0, 0.1) is 13.8 Å². The van der Waals surface area contributed by atoms with Gasteiger partial charge in [0.05, 0.1) is 4.90 Å². The molecule has 1 unspecified atom stereocenters. The molecule has 2 aromatic rings. The Labute approximate surface area is 130 Å². The number of rotatable bonds is 5. The van der Waals surface area contributed by atoms with Crippen molar-refractivity contribution in [3.8, 4) is 0 Å². The van der Waals surface area contributed by atoms with Gasteiger partial charge in [-0.3, -0.25) is 0 Å². The third kappa shape index (κ3) is 3.71. The lowest BCUT2D eigenvalue weighted by Crippen LogP contribution is -2.27. The molecule has 0 radical (unpaired) electrons. The second-order valence-electron chi connectivity index (χ2n) is 5.06. The molecule has 114 valence electrons. The molecule has 1 aromatic heterocycles. The summed E-state index contributed by atoms with van der Waals surface area (Å²) in [5.41, 5.74) is 7.46. The zero-order valence-corrected chi connectivity index (χ0v) is 14.0. The van der Waals surface area contributed by atoms with Crippen LogP contribution < -0.4 is 10.5 Å². The SMILES string of the molecule is Cc1cc(C(C)NS(=O)(=O)c2ccc(CN)cc2)c(C)s1. The van der Waals surface area contributed by atoms with Crippen LogP contribution in [0.25, 0.3) is 0 Å². The normalized spacial score (nSPS) is 13.3. The predicted molar refractivity (Wildman–Crippen MR) is 86.9 cm³/mol. The number of benzene rings is 1. The van der Waals surface area contributed by atoms with E-state index in [2.05, 4.69) is 4.72 Å². The summed E-state index contributed by atoms with van der Waals surface area (Å²) >= 11 is 1.68. The van der Waals surface area contributed by atoms with E-state index < -0.39 is 10.0 Å². The Balaban J connectivity index is 2.22. The fourth-order valence-electron chi connectivity index (χ4n) is 2.25. The molecule has 0 saturated carbocycles. The molecule has 0 spiro atoms. The minimum absolute atomic E-state index is 0.255. The number of aryl methyl sites for hydroxylation is 2. The summed E-state index contributed by atoms with van der Waals surface area (Å²) < 4.78 is 27.5. The second-order valence-corrected chi connectivity index (χ2v) is 8.23. The fraction of sp³-hybridized carbons (Fsp3) is 0.333. The summed E-state index contributed by atoms with van der Waals surface area (Å²) in [5.74, 6) is 0. The van der Waals surface area contributed by atoms with Crippen molar-refractivity contribution >= 4 is 21.4 Å². The van der Waals surface area contributed by atoms with Crippen molar-refractivity contribution in [2.45, 2.75) is 38.3 Å². The van der Waals surface area contributed by atoms with Crippen molar-refractivity contribution in [2.75, 3.05) is 0 Å². The molecular weight excluding hydrogens is 304 g/mol. The molecule has 1 heterocycles. The highest BCUT2D eigenvalue weighted by atomic mass is 32.2. The van der Waals surface area contributed by atoms with Crippen LogP contribution in [0.3, 0.4) is 0 Å². The van der Waals surface area contributed by atoms with Crippen LogP contribution in [0.5, 0.6) is 0 Å². The zero-order valence-electron chi connectivity index (χ0n) is 12.4. The van der Waals surface area contributed by atoms with Gasteiger partial charge in [-0.05, 0) is 50.1 Å². The Morgan fingerprint density at radius 2 is 1.86 bits per heavy atom. The fourth-order valence-corrected chi connectivity index (χ4v) is 4.49. The standard InChI is InChI=1S/C15H20N2O2S2/c1-10-8-15(12(3)20-10)11(2)17-21(18,19)14-6-4-13(9-16)5-7-14/h4-8,11,17H,9,16H2,1-3H3. The van der Waals surface area contributed by atoms with Gasteiger partial charge in [0.25, 0.3) is 0 Å². The number of hydrogen-bond donors (Lipinski definition) is 2. The molecule has 2 rings (SSSR count). The quantitative estimate of drug-likeness (QED) is 0.888. The van der Waals surface area contributed by atoms with E-state index in [1.54, 1.807) is 35.6 Å². The molecule has 0 saturated heterocycles. The highest BCUT2D eigenvalue weighted by molar-refractivity contribution is 7.89. The lowest BCUT2D eigenvalue weighted by molar-refractivity contribution is 0.567. The highest BCUT2D eigenvalue weighted by Crippen LogP contribution is 2.27. The van der Waals surface area contributed by atoms with Crippen molar-refractivity contribution in [1.82, 2.24) is 4.72 Å². The van der Waals surface area contributed by atoms with Crippen molar-refractivity contribution in [3.63, 3.8) is 0 Å². The van der Waals surface area contributed by atoms with E-state index in [1.807, 2.05) is 26.8 Å². The Hall–Kier alpha value is -1.21. The van der Waals surface area contributed by atoms with E-state index in [0.29, 0.717) is 6.54 Å². The van der Waals surface area contributed by atoms with Crippen LogP contribution >= 0.6 is 11.3 Å². The molecule has 0 bridgehead atoms. The molecule has 1 atom stereocenters. The molecule has 0 aliphatic heterocycles. The molecule has 1 aromatic carbocycles. The van der Waals surface area contributed by atoms with Crippen molar-refractivity contribution in [1.29, 1.82) is 0 Å². The lowest BCUT2D eigenvalue weighted by Gasteiger charge is -2.14. The number of thiophene rings is 1. The molecular formula is C15H20N2O2S2. The summed E-state index contributed by atoms with van der Waals surface area (Å²) in [6.45, 7) is 6.29. The van der Waals surface area contributed by atoms with Crippen molar-refractivity contribution < 1.29 is 8.42 Å². The summed E-state index contributed by atoms with van der Waals surface area (Å²) in [5, 5.41) is 0. The van der Waals surface area contributed by atoms with E-state index >= 15 is 0 Å². The first-order valence-electron chi connectivity index (χ1n) is 6.72. The number of sulfonamides is 1. The summed E-state index contributed by atoms with van der Waals surface area (Å²) in [6, 6.07) is 8.42. The van der Waals surface area contributed by atoms with Crippen LogP contribution in [0.4, 0.5) is 0 Å². The minimum Gasteiger partial charge on any atom is -0.326 e. The third-order valence-electron chi connectivity index (χ3n) is 3.35. The van der Waals surface area contributed by atoms with Gasteiger partial charge in [-0.1, -0.05) is 12.1 Å².